The van der Waals surface area contributed by atoms with E-state index >= 15 is 0 Å². The second-order valence-electron chi connectivity index (χ2n) is 8.29. The molecule has 2 aliphatic rings. The molecule has 2 aromatic heterocycles. The van der Waals surface area contributed by atoms with Crippen LogP contribution in [-0.2, 0) is 0 Å². The fourth-order valence-electron chi connectivity index (χ4n) is 4.24. The fourth-order valence-corrected chi connectivity index (χ4v) is 4.24. The van der Waals surface area contributed by atoms with Gasteiger partial charge in [0.15, 0.2) is 0 Å². The lowest BCUT2D eigenvalue weighted by Crippen LogP contribution is -2.50. The number of amides is 1. The Hall–Kier alpha value is -3.46. The lowest BCUT2D eigenvalue weighted by Gasteiger charge is -2.36. The number of hydrogen-bond acceptors (Lipinski definition) is 8. The molecule has 0 radical (unpaired) electrons. The first kappa shape index (κ1) is 20.4. The summed E-state index contributed by atoms with van der Waals surface area (Å²) in [6, 6.07) is 10.9. The number of anilines is 2. The van der Waals surface area contributed by atoms with Crippen molar-refractivity contribution in [1.82, 2.24) is 19.8 Å². The fraction of sp³-hybridized carbons (Fsp3) is 0.391. The number of rotatable bonds is 3. The van der Waals surface area contributed by atoms with Gasteiger partial charge in [-0.05, 0) is 19.2 Å². The highest BCUT2D eigenvalue weighted by Gasteiger charge is 2.26. The van der Waals surface area contributed by atoms with Gasteiger partial charge >= 0.3 is 5.63 Å². The predicted molar refractivity (Wildman–Crippen MR) is 122 cm³/mol. The second-order valence-corrected chi connectivity index (χ2v) is 8.29. The molecule has 0 N–H and O–H groups in total. The Labute approximate surface area is 185 Å². The van der Waals surface area contributed by atoms with Crippen LogP contribution in [0.3, 0.4) is 0 Å². The molecule has 0 saturated carbocycles. The third-order valence-corrected chi connectivity index (χ3v) is 6.23. The van der Waals surface area contributed by atoms with Crippen LogP contribution in [0.4, 0.5) is 11.6 Å². The summed E-state index contributed by atoms with van der Waals surface area (Å²) < 4.78 is 5.33. The molecule has 1 amide bonds. The molecule has 5 rings (SSSR count). The molecule has 4 heterocycles. The molecule has 1 aromatic carbocycles. The number of aromatic nitrogens is 2. The van der Waals surface area contributed by atoms with E-state index in [4.69, 9.17) is 4.42 Å². The van der Waals surface area contributed by atoms with Crippen LogP contribution in [0.15, 0.2) is 51.9 Å². The molecule has 0 bridgehead atoms. The summed E-state index contributed by atoms with van der Waals surface area (Å²) in [7, 11) is 2.13. The number of carbonyl (C=O) groups is 1. The van der Waals surface area contributed by atoms with Gasteiger partial charge in [0.25, 0.3) is 5.91 Å². The van der Waals surface area contributed by atoms with Crippen molar-refractivity contribution in [1.29, 1.82) is 0 Å². The smallest absolute Gasteiger partial charge is 0.349 e. The summed E-state index contributed by atoms with van der Waals surface area (Å²) >= 11 is 0. The van der Waals surface area contributed by atoms with Gasteiger partial charge in [-0.2, -0.15) is 0 Å². The Morgan fingerprint density at radius 2 is 1.50 bits per heavy atom. The average molecular weight is 435 g/mol. The van der Waals surface area contributed by atoms with Crippen LogP contribution in [0.2, 0.25) is 0 Å². The van der Waals surface area contributed by atoms with E-state index in [0.717, 1.165) is 43.2 Å². The van der Waals surface area contributed by atoms with E-state index in [-0.39, 0.29) is 11.5 Å². The molecule has 3 aromatic rings. The Bertz CT molecular complexity index is 1180. The summed E-state index contributed by atoms with van der Waals surface area (Å²) in [5.74, 6) is 1.52. The van der Waals surface area contributed by atoms with Crippen LogP contribution in [0.1, 0.15) is 10.4 Å². The first-order valence-electron chi connectivity index (χ1n) is 10.9. The van der Waals surface area contributed by atoms with Crippen LogP contribution in [-0.4, -0.2) is 85.1 Å². The van der Waals surface area contributed by atoms with E-state index < -0.39 is 5.63 Å². The maximum Gasteiger partial charge on any atom is 0.349 e. The van der Waals surface area contributed by atoms with Crippen molar-refractivity contribution in [2.24, 2.45) is 0 Å². The van der Waals surface area contributed by atoms with Gasteiger partial charge in [-0.15, -0.1) is 0 Å². The molecular formula is C23H26N6O3. The van der Waals surface area contributed by atoms with Crippen LogP contribution in [0.25, 0.3) is 11.0 Å². The molecule has 0 atom stereocenters. The van der Waals surface area contributed by atoms with Crippen molar-refractivity contribution >= 4 is 28.5 Å². The minimum atomic E-state index is -0.594. The first-order chi connectivity index (χ1) is 15.6. The first-order valence-corrected chi connectivity index (χ1v) is 10.9. The highest BCUT2D eigenvalue weighted by atomic mass is 16.4. The van der Waals surface area contributed by atoms with Crippen molar-refractivity contribution in [3.8, 4) is 0 Å². The van der Waals surface area contributed by atoms with Gasteiger partial charge < -0.3 is 24.0 Å². The predicted octanol–water partition coefficient (Wildman–Crippen LogP) is 1.30. The van der Waals surface area contributed by atoms with E-state index in [1.807, 2.05) is 18.2 Å². The van der Waals surface area contributed by atoms with Crippen LogP contribution >= 0.6 is 0 Å². The molecule has 0 aliphatic carbocycles. The SMILES string of the molecule is CN1CCN(c2cc(N3CCN(C(=O)c4cc5ccccc5oc4=O)CC3)ncn2)CC1. The number of fused-ring (bicyclic) bond motifs is 1. The van der Waals surface area contributed by atoms with Gasteiger partial charge in [0.05, 0.1) is 0 Å². The van der Waals surface area contributed by atoms with E-state index in [9.17, 15) is 9.59 Å². The average Bonchev–Trinajstić information content (AvgIpc) is 2.84. The van der Waals surface area contributed by atoms with E-state index in [2.05, 4.69) is 31.7 Å². The number of carbonyl (C=O) groups excluding carboxylic acids is 1. The normalized spacial score (nSPS) is 17.7. The minimum absolute atomic E-state index is 0.0801. The lowest BCUT2D eigenvalue weighted by atomic mass is 10.1. The number of benzene rings is 1. The third kappa shape index (κ3) is 4.03. The largest absolute Gasteiger partial charge is 0.422 e. The number of para-hydroxylation sites is 1. The molecule has 9 nitrogen and oxygen atoms in total. The molecule has 2 saturated heterocycles. The highest BCUT2D eigenvalue weighted by molar-refractivity contribution is 5.96. The number of nitrogens with zero attached hydrogens (tertiary/aromatic N) is 6. The Morgan fingerprint density at radius 1 is 0.875 bits per heavy atom. The summed E-state index contributed by atoms with van der Waals surface area (Å²) in [6.45, 7) is 6.24. The second kappa shape index (κ2) is 8.58. The van der Waals surface area contributed by atoms with Crippen LogP contribution in [0.5, 0.6) is 0 Å². The minimum Gasteiger partial charge on any atom is -0.422 e. The Morgan fingerprint density at radius 3 is 2.19 bits per heavy atom. The van der Waals surface area contributed by atoms with Crippen molar-refractivity contribution in [2.75, 3.05) is 69.2 Å². The molecule has 2 aliphatic heterocycles. The number of piperazine rings is 2. The molecule has 166 valence electrons. The summed E-state index contributed by atoms with van der Waals surface area (Å²) in [4.78, 5) is 42.7. The zero-order valence-electron chi connectivity index (χ0n) is 18.1. The Balaban J connectivity index is 1.26. The van der Waals surface area contributed by atoms with Gasteiger partial charge in [0.1, 0.15) is 29.1 Å². The zero-order chi connectivity index (χ0) is 22.1. The van der Waals surface area contributed by atoms with Gasteiger partial charge in [-0.25, -0.2) is 14.8 Å². The topological polar surface area (TPSA) is 86.0 Å². The molecular weight excluding hydrogens is 408 g/mol. The lowest BCUT2D eigenvalue weighted by molar-refractivity contribution is 0.0742. The van der Waals surface area contributed by atoms with Crippen molar-refractivity contribution in [3.63, 3.8) is 0 Å². The highest BCUT2D eigenvalue weighted by Crippen LogP contribution is 2.21. The maximum atomic E-state index is 13.0. The quantitative estimate of drug-likeness (QED) is 0.570. The Kier molecular flexibility index (Phi) is 5.48. The number of likely N-dealkylation sites (N-methyl/N-ethyl adjacent to an activating group) is 1. The van der Waals surface area contributed by atoms with Gasteiger partial charge in [0.2, 0.25) is 0 Å². The van der Waals surface area contributed by atoms with Crippen molar-refractivity contribution in [3.05, 3.63) is 58.7 Å². The number of hydrogen-bond donors (Lipinski definition) is 0. The van der Waals surface area contributed by atoms with Crippen molar-refractivity contribution in [2.45, 2.75) is 0 Å². The maximum absolute atomic E-state index is 13.0. The molecule has 0 spiro atoms. The van der Waals surface area contributed by atoms with Gasteiger partial charge in [0, 0.05) is 63.8 Å². The zero-order valence-corrected chi connectivity index (χ0v) is 18.1. The molecule has 0 unspecified atom stereocenters. The standard InChI is InChI=1S/C23H26N6O3/c1-26-6-8-27(9-7-26)20-15-21(25-16-24-20)28-10-12-29(13-11-28)22(30)18-14-17-4-2-3-5-19(17)32-23(18)31/h2-5,14-16H,6-13H2,1H3. The summed E-state index contributed by atoms with van der Waals surface area (Å²) in [6.07, 6.45) is 1.61. The van der Waals surface area contributed by atoms with Gasteiger partial charge in [-0.3, -0.25) is 4.79 Å². The van der Waals surface area contributed by atoms with E-state index in [1.54, 1.807) is 29.4 Å². The molecule has 2 fully saturated rings. The summed E-state index contributed by atoms with van der Waals surface area (Å²) in [5, 5.41) is 0.742. The van der Waals surface area contributed by atoms with Crippen molar-refractivity contribution < 1.29 is 9.21 Å². The van der Waals surface area contributed by atoms with Crippen LogP contribution in [0, 0.1) is 0 Å². The summed E-state index contributed by atoms with van der Waals surface area (Å²) in [5.41, 5.74) is -0.0286. The third-order valence-electron chi connectivity index (χ3n) is 6.23. The molecule has 9 heteroatoms. The van der Waals surface area contributed by atoms with Crippen LogP contribution < -0.4 is 15.4 Å². The van der Waals surface area contributed by atoms with E-state index in [0.29, 0.717) is 31.8 Å². The molecule has 32 heavy (non-hydrogen) atoms. The van der Waals surface area contributed by atoms with E-state index in [1.165, 1.54) is 0 Å². The van der Waals surface area contributed by atoms with Gasteiger partial charge in [-0.1, -0.05) is 18.2 Å². The monoisotopic (exact) mass is 434 g/mol.